The van der Waals surface area contributed by atoms with Gasteiger partial charge in [0, 0.05) is 17.0 Å². The lowest BCUT2D eigenvalue weighted by atomic mass is 9.86. The highest BCUT2D eigenvalue weighted by atomic mass is 35.5. The fourth-order valence-electron chi connectivity index (χ4n) is 3.45. The number of fused-ring (bicyclic) bond motifs is 1. The van der Waals surface area contributed by atoms with Crippen molar-refractivity contribution in [3.05, 3.63) is 52.8 Å². The van der Waals surface area contributed by atoms with Gasteiger partial charge in [0.05, 0.1) is 0 Å². The molecular formula is C19H16ClF3N2O3. The zero-order valence-electron chi connectivity index (χ0n) is 14.6. The third kappa shape index (κ3) is 3.87. The standard InChI is InChI=1S/C19H16ClF3N2O3/c20-11-3-6-14-13(9-11)25-18(28-14)10-1-4-12(5-2-10)24-17(26)15-7-8-16(27-15)19(21,22)23/h3,6-10,12H,1-2,4-5H2,(H,24,26). The van der Waals surface area contributed by atoms with Crippen molar-refractivity contribution < 1.29 is 26.8 Å². The van der Waals surface area contributed by atoms with Crippen LogP contribution < -0.4 is 5.32 Å². The molecule has 1 aliphatic rings. The van der Waals surface area contributed by atoms with Crippen LogP contribution in [0.4, 0.5) is 13.2 Å². The lowest BCUT2D eigenvalue weighted by Crippen LogP contribution is -2.37. The molecule has 0 atom stereocenters. The molecule has 1 fully saturated rings. The minimum Gasteiger partial charge on any atom is -0.446 e. The number of hydrogen-bond acceptors (Lipinski definition) is 4. The molecule has 0 spiro atoms. The number of aromatic nitrogens is 1. The fourth-order valence-corrected chi connectivity index (χ4v) is 3.61. The largest absolute Gasteiger partial charge is 0.449 e. The third-order valence-corrected chi connectivity index (χ3v) is 5.12. The molecule has 0 saturated heterocycles. The summed E-state index contributed by atoms with van der Waals surface area (Å²) in [6.45, 7) is 0. The molecule has 1 N–H and O–H groups in total. The topological polar surface area (TPSA) is 68.3 Å². The van der Waals surface area contributed by atoms with E-state index in [0.29, 0.717) is 34.9 Å². The van der Waals surface area contributed by atoms with E-state index >= 15 is 0 Å². The van der Waals surface area contributed by atoms with Crippen molar-refractivity contribution in [3.63, 3.8) is 0 Å². The first kappa shape index (κ1) is 18.9. The fraction of sp³-hybridized carbons (Fsp3) is 0.368. The maximum Gasteiger partial charge on any atom is 0.449 e. The summed E-state index contributed by atoms with van der Waals surface area (Å²) in [4.78, 5) is 16.6. The molecule has 28 heavy (non-hydrogen) atoms. The maximum atomic E-state index is 12.6. The van der Waals surface area contributed by atoms with Gasteiger partial charge in [0.25, 0.3) is 5.91 Å². The number of furan rings is 1. The Morgan fingerprint density at radius 3 is 2.54 bits per heavy atom. The first-order valence-corrected chi connectivity index (χ1v) is 9.21. The summed E-state index contributed by atoms with van der Waals surface area (Å²) < 4.78 is 48.2. The number of nitrogens with one attached hydrogen (secondary N) is 1. The molecule has 3 aromatic rings. The van der Waals surface area contributed by atoms with Crippen LogP contribution in [-0.4, -0.2) is 16.9 Å². The molecule has 2 aromatic heterocycles. The third-order valence-electron chi connectivity index (χ3n) is 4.89. The zero-order chi connectivity index (χ0) is 19.9. The summed E-state index contributed by atoms with van der Waals surface area (Å²) in [5.74, 6) is -1.40. The Morgan fingerprint density at radius 1 is 1.11 bits per heavy atom. The van der Waals surface area contributed by atoms with E-state index in [0.717, 1.165) is 25.0 Å². The van der Waals surface area contributed by atoms with Crippen LogP contribution in [0.5, 0.6) is 0 Å². The number of rotatable bonds is 3. The van der Waals surface area contributed by atoms with Crippen molar-refractivity contribution in [2.24, 2.45) is 0 Å². The van der Waals surface area contributed by atoms with Crippen LogP contribution in [0.1, 0.15) is 53.8 Å². The monoisotopic (exact) mass is 412 g/mol. The van der Waals surface area contributed by atoms with E-state index in [4.69, 9.17) is 16.0 Å². The van der Waals surface area contributed by atoms with E-state index in [2.05, 4.69) is 14.7 Å². The van der Waals surface area contributed by atoms with E-state index in [1.165, 1.54) is 0 Å². The van der Waals surface area contributed by atoms with Gasteiger partial charge in [-0.2, -0.15) is 13.2 Å². The first-order chi connectivity index (χ1) is 13.3. The normalized spacial score (nSPS) is 20.4. The minimum absolute atomic E-state index is 0.125. The summed E-state index contributed by atoms with van der Waals surface area (Å²) >= 11 is 5.97. The second-order valence-electron chi connectivity index (χ2n) is 6.85. The average Bonchev–Trinajstić information content (AvgIpc) is 3.29. The lowest BCUT2D eigenvalue weighted by Gasteiger charge is -2.27. The Kier molecular flexibility index (Phi) is 4.82. The highest BCUT2D eigenvalue weighted by Crippen LogP contribution is 2.35. The molecule has 0 radical (unpaired) electrons. The van der Waals surface area contributed by atoms with E-state index in [-0.39, 0.29) is 17.7 Å². The second kappa shape index (κ2) is 7.16. The molecule has 1 saturated carbocycles. The summed E-state index contributed by atoms with van der Waals surface area (Å²) in [7, 11) is 0. The predicted molar refractivity (Wildman–Crippen MR) is 95.2 cm³/mol. The highest BCUT2D eigenvalue weighted by molar-refractivity contribution is 6.31. The van der Waals surface area contributed by atoms with Crippen molar-refractivity contribution in [1.29, 1.82) is 0 Å². The van der Waals surface area contributed by atoms with E-state index < -0.39 is 17.8 Å². The van der Waals surface area contributed by atoms with Gasteiger partial charge in [-0.1, -0.05) is 11.6 Å². The van der Waals surface area contributed by atoms with Crippen LogP contribution in [0.2, 0.25) is 5.02 Å². The molecule has 1 aliphatic carbocycles. The second-order valence-corrected chi connectivity index (χ2v) is 7.28. The molecule has 0 aliphatic heterocycles. The summed E-state index contributed by atoms with van der Waals surface area (Å²) in [5.41, 5.74) is 1.38. The quantitative estimate of drug-likeness (QED) is 0.612. The number of alkyl halides is 3. The summed E-state index contributed by atoms with van der Waals surface area (Å²) in [6.07, 6.45) is -1.78. The zero-order valence-corrected chi connectivity index (χ0v) is 15.3. The molecule has 1 amide bonds. The Balaban J connectivity index is 1.36. The van der Waals surface area contributed by atoms with Crippen LogP contribution in [0.15, 0.2) is 39.2 Å². The van der Waals surface area contributed by atoms with Gasteiger partial charge < -0.3 is 14.2 Å². The number of carbonyl (C=O) groups excluding carboxylic acids is 1. The number of nitrogens with zero attached hydrogens (tertiary/aromatic N) is 1. The average molecular weight is 413 g/mol. The molecular weight excluding hydrogens is 397 g/mol. The van der Waals surface area contributed by atoms with Gasteiger partial charge in [-0.15, -0.1) is 0 Å². The minimum atomic E-state index is -4.61. The van der Waals surface area contributed by atoms with E-state index in [9.17, 15) is 18.0 Å². The van der Waals surface area contributed by atoms with Crippen molar-refractivity contribution >= 4 is 28.6 Å². The predicted octanol–water partition coefficient (Wildman–Crippen LogP) is 5.55. The number of oxazole rings is 1. The van der Waals surface area contributed by atoms with Gasteiger partial charge in [-0.05, 0) is 56.0 Å². The summed E-state index contributed by atoms with van der Waals surface area (Å²) in [6, 6.07) is 6.91. The summed E-state index contributed by atoms with van der Waals surface area (Å²) in [5, 5.41) is 3.33. The molecule has 0 bridgehead atoms. The molecule has 0 unspecified atom stereocenters. The van der Waals surface area contributed by atoms with Crippen molar-refractivity contribution in [3.8, 4) is 0 Å². The molecule has 2 heterocycles. The number of halogens is 4. The maximum absolute atomic E-state index is 12.6. The van der Waals surface area contributed by atoms with Gasteiger partial charge in [0.2, 0.25) is 5.76 Å². The van der Waals surface area contributed by atoms with E-state index in [1.54, 1.807) is 18.2 Å². The highest BCUT2D eigenvalue weighted by Gasteiger charge is 2.36. The lowest BCUT2D eigenvalue weighted by molar-refractivity contribution is -0.153. The number of carbonyl (C=O) groups is 1. The molecule has 148 valence electrons. The Hall–Kier alpha value is -2.48. The number of hydrogen-bond donors (Lipinski definition) is 1. The van der Waals surface area contributed by atoms with Crippen molar-refractivity contribution in [2.45, 2.75) is 43.8 Å². The van der Waals surface area contributed by atoms with Gasteiger partial charge in [-0.25, -0.2) is 4.98 Å². The first-order valence-electron chi connectivity index (χ1n) is 8.83. The van der Waals surface area contributed by atoms with E-state index in [1.807, 2.05) is 0 Å². The van der Waals surface area contributed by atoms with Gasteiger partial charge >= 0.3 is 6.18 Å². The number of amides is 1. The molecule has 4 rings (SSSR count). The SMILES string of the molecule is O=C(NC1CCC(c2nc3cc(Cl)ccc3o2)CC1)c1ccc(C(F)(F)F)o1. The number of benzene rings is 1. The Bertz CT molecular complexity index is 1000. The van der Waals surface area contributed by atoms with Crippen LogP contribution in [0.25, 0.3) is 11.1 Å². The molecule has 9 heteroatoms. The molecule has 5 nitrogen and oxygen atoms in total. The van der Waals surface area contributed by atoms with Gasteiger partial charge in [-0.3, -0.25) is 4.79 Å². The molecule has 1 aromatic carbocycles. The van der Waals surface area contributed by atoms with Crippen LogP contribution in [-0.2, 0) is 6.18 Å². The Morgan fingerprint density at radius 2 is 1.86 bits per heavy atom. The smallest absolute Gasteiger partial charge is 0.446 e. The van der Waals surface area contributed by atoms with Crippen LogP contribution in [0, 0.1) is 0 Å². The van der Waals surface area contributed by atoms with Gasteiger partial charge in [0.1, 0.15) is 5.52 Å². The van der Waals surface area contributed by atoms with Gasteiger partial charge in [0.15, 0.2) is 17.2 Å². The van der Waals surface area contributed by atoms with Crippen LogP contribution >= 0.6 is 11.6 Å². The Labute approximate surface area is 162 Å². The van der Waals surface area contributed by atoms with Crippen LogP contribution in [0.3, 0.4) is 0 Å². The van der Waals surface area contributed by atoms with Crippen molar-refractivity contribution in [1.82, 2.24) is 10.3 Å². The van der Waals surface area contributed by atoms with Crippen molar-refractivity contribution in [2.75, 3.05) is 0 Å².